The van der Waals surface area contributed by atoms with Crippen LogP contribution in [0.2, 0.25) is 0 Å². The lowest BCUT2D eigenvalue weighted by Crippen LogP contribution is -2.39. The van der Waals surface area contributed by atoms with E-state index in [1.54, 1.807) is 0 Å². The van der Waals surface area contributed by atoms with E-state index in [0.717, 1.165) is 32.1 Å². The van der Waals surface area contributed by atoms with Crippen LogP contribution >= 0.6 is 0 Å². The van der Waals surface area contributed by atoms with E-state index in [1.807, 2.05) is 0 Å². The first kappa shape index (κ1) is 13.6. The number of carbonyl (C=O) groups excluding carboxylic acids is 1. The molecule has 0 aromatic carbocycles. The summed E-state index contributed by atoms with van der Waals surface area (Å²) in [6.45, 7) is 9.45. The predicted octanol–water partition coefficient (Wildman–Crippen LogP) is 2.72. The molecule has 84 valence electrons. The van der Waals surface area contributed by atoms with Gasteiger partial charge in [0.15, 0.2) is 0 Å². The average Bonchev–Trinajstić information content (AvgIpc) is 2.16. The molecule has 0 bridgehead atoms. The second-order valence-electron chi connectivity index (χ2n) is 4.69. The highest BCUT2D eigenvalue weighted by atomic mass is 16.1. The van der Waals surface area contributed by atoms with Crippen LogP contribution in [-0.4, -0.2) is 30.8 Å². The van der Waals surface area contributed by atoms with Crippen LogP contribution in [0.15, 0.2) is 0 Å². The highest BCUT2D eigenvalue weighted by Gasteiger charge is 2.25. The van der Waals surface area contributed by atoms with Crippen LogP contribution in [0.3, 0.4) is 0 Å². The largest absolute Gasteiger partial charge is 0.303 e. The summed E-state index contributed by atoms with van der Waals surface area (Å²) in [5, 5.41) is 0. The normalized spacial score (nSPS) is 17.9. The molecule has 0 aromatic heterocycles. The third-order valence-electron chi connectivity index (χ3n) is 3.06. The molecule has 0 aliphatic rings. The van der Waals surface area contributed by atoms with Crippen LogP contribution in [0.4, 0.5) is 0 Å². The fourth-order valence-electron chi connectivity index (χ4n) is 1.78. The van der Waals surface area contributed by atoms with Gasteiger partial charge in [-0.1, -0.05) is 27.2 Å². The summed E-state index contributed by atoms with van der Waals surface area (Å²) in [6.07, 6.45) is 4.31. The Balaban J connectivity index is 4.22. The van der Waals surface area contributed by atoms with Crippen LogP contribution in [0.5, 0.6) is 0 Å². The molecule has 0 amide bonds. The molecule has 14 heavy (non-hydrogen) atoms. The molecule has 0 aliphatic heterocycles. The third kappa shape index (κ3) is 4.23. The molecule has 2 unspecified atom stereocenters. The molecule has 0 heterocycles. The molecular weight excluding hydrogens is 174 g/mol. The number of nitrogens with zero attached hydrogens (tertiary/aromatic N) is 1. The summed E-state index contributed by atoms with van der Waals surface area (Å²) in [5.74, 6) is 0. The summed E-state index contributed by atoms with van der Waals surface area (Å²) in [7, 11) is 2.10. The molecule has 0 saturated heterocycles. The Labute approximate surface area is 88.7 Å². The highest BCUT2D eigenvalue weighted by Crippen LogP contribution is 2.22. The van der Waals surface area contributed by atoms with Crippen molar-refractivity contribution in [1.29, 1.82) is 0 Å². The fraction of sp³-hybridized carbons (Fsp3) is 0.917. The Morgan fingerprint density at radius 2 is 2.00 bits per heavy atom. The van der Waals surface area contributed by atoms with Crippen molar-refractivity contribution in [3.63, 3.8) is 0 Å². The Hall–Kier alpha value is -0.370. The molecule has 2 heteroatoms. The molecule has 2 atom stereocenters. The monoisotopic (exact) mass is 199 g/mol. The minimum Gasteiger partial charge on any atom is -0.303 e. The summed E-state index contributed by atoms with van der Waals surface area (Å²) in [4.78, 5) is 13.3. The van der Waals surface area contributed by atoms with Gasteiger partial charge in [-0.2, -0.15) is 0 Å². The Morgan fingerprint density at radius 1 is 1.43 bits per heavy atom. The lowest BCUT2D eigenvalue weighted by molar-refractivity contribution is -0.116. The number of aldehydes is 1. The number of rotatable bonds is 7. The van der Waals surface area contributed by atoms with Crippen molar-refractivity contribution in [1.82, 2.24) is 4.90 Å². The van der Waals surface area contributed by atoms with Gasteiger partial charge in [0.1, 0.15) is 6.29 Å². The lowest BCUT2D eigenvalue weighted by Gasteiger charge is -2.32. The predicted molar refractivity (Wildman–Crippen MR) is 61.5 cm³/mol. The SMILES string of the molecule is CCCC(C)(C=O)CN(C)C(C)CC. The van der Waals surface area contributed by atoms with E-state index in [-0.39, 0.29) is 5.41 Å². The quantitative estimate of drug-likeness (QED) is 0.588. The van der Waals surface area contributed by atoms with Crippen molar-refractivity contribution in [2.75, 3.05) is 13.6 Å². The maximum Gasteiger partial charge on any atom is 0.127 e. The summed E-state index contributed by atoms with van der Waals surface area (Å²) >= 11 is 0. The van der Waals surface area contributed by atoms with Crippen LogP contribution in [0, 0.1) is 5.41 Å². The molecule has 0 aromatic rings. The first-order valence-corrected chi connectivity index (χ1v) is 5.65. The van der Waals surface area contributed by atoms with Crippen LogP contribution in [-0.2, 0) is 4.79 Å². The van der Waals surface area contributed by atoms with Gasteiger partial charge in [0.05, 0.1) is 0 Å². The van der Waals surface area contributed by atoms with Gasteiger partial charge in [-0.15, -0.1) is 0 Å². The molecule has 0 aliphatic carbocycles. The van der Waals surface area contributed by atoms with Crippen molar-refractivity contribution in [3.05, 3.63) is 0 Å². The zero-order valence-corrected chi connectivity index (χ0v) is 10.3. The van der Waals surface area contributed by atoms with Crippen molar-refractivity contribution in [2.45, 2.75) is 53.0 Å². The number of carbonyl (C=O) groups is 1. The molecule has 0 spiro atoms. The zero-order valence-electron chi connectivity index (χ0n) is 10.3. The Kier molecular flexibility index (Phi) is 6.01. The molecule has 0 radical (unpaired) electrons. The second kappa shape index (κ2) is 6.18. The first-order valence-electron chi connectivity index (χ1n) is 5.65. The van der Waals surface area contributed by atoms with Crippen molar-refractivity contribution < 1.29 is 4.79 Å². The molecule has 2 nitrogen and oxygen atoms in total. The minimum atomic E-state index is -0.160. The van der Waals surface area contributed by atoms with E-state index in [4.69, 9.17) is 0 Å². The van der Waals surface area contributed by atoms with Crippen molar-refractivity contribution >= 4 is 6.29 Å². The average molecular weight is 199 g/mol. The topological polar surface area (TPSA) is 20.3 Å². The van der Waals surface area contributed by atoms with Crippen molar-refractivity contribution in [3.8, 4) is 0 Å². The maximum absolute atomic E-state index is 11.0. The van der Waals surface area contributed by atoms with Gasteiger partial charge >= 0.3 is 0 Å². The zero-order chi connectivity index (χ0) is 11.2. The van der Waals surface area contributed by atoms with Gasteiger partial charge in [-0.25, -0.2) is 0 Å². The third-order valence-corrected chi connectivity index (χ3v) is 3.06. The van der Waals surface area contributed by atoms with Gasteiger partial charge < -0.3 is 9.69 Å². The summed E-state index contributed by atoms with van der Waals surface area (Å²) in [5.41, 5.74) is -0.160. The molecule has 0 rings (SSSR count). The van der Waals surface area contributed by atoms with E-state index >= 15 is 0 Å². The second-order valence-corrected chi connectivity index (χ2v) is 4.69. The van der Waals surface area contributed by atoms with Crippen LogP contribution in [0.1, 0.15) is 47.0 Å². The Morgan fingerprint density at radius 3 is 2.36 bits per heavy atom. The molecule has 0 N–H and O–H groups in total. The summed E-state index contributed by atoms with van der Waals surface area (Å²) < 4.78 is 0. The van der Waals surface area contributed by atoms with Crippen LogP contribution in [0.25, 0.3) is 0 Å². The standard InChI is InChI=1S/C12H25NO/c1-6-8-12(4,10-14)9-13(5)11(3)7-2/h10-11H,6-9H2,1-5H3. The van der Waals surface area contributed by atoms with Crippen molar-refractivity contribution in [2.24, 2.45) is 5.41 Å². The van der Waals surface area contributed by atoms with E-state index in [2.05, 4.69) is 39.6 Å². The van der Waals surface area contributed by atoms with Gasteiger partial charge in [0.2, 0.25) is 0 Å². The molecule has 0 fully saturated rings. The summed E-state index contributed by atoms with van der Waals surface area (Å²) in [6, 6.07) is 0.561. The number of hydrogen-bond acceptors (Lipinski definition) is 2. The Bertz CT molecular complexity index is 170. The molecular formula is C12H25NO. The maximum atomic E-state index is 11.0. The lowest BCUT2D eigenvalue weighted by atomic mass is 9.86. The first-order chi connectivity index (χ1) is 6.49. The van der Waals surface area contributed by atoms with Gasteiger partial charge in [0.25, 0.3) is 0 Å². The smallest absolute Gasteiger partial charge is 0.127 e. The highest BCUT2D eigenvalue weighted by molar-refractivity contribution is 5.58. The van der Waals surface area contributed by atoms with Gasteiger partial charge in [-0.3, -0.25) is 0 Å². The number of hydrogen-bond donors (Lipinski definition) is 0. The van der Waals surface area contributed by atoms with E-state index in [0.29, 0.717) is 6.04 Å². The molecule has 0 saturated carbocycles. The van der Waals surface area contributed by atoms with Gasteiger partial charge in [-0.05, 0) is 26.8 Å². The van der Waals surface area contributed by atoms with Crippen LogP contribution < -0.4 is 0 Å². The van der Waals surface area contributed by atoms with E-state index < -0.39 is 0 Å². The fourth-order valence-corrected chi connectivity index (χ4v) is 1.78. The van der Waals surface area contributed by atoms with E-state index in [9.17, 15) is 4.79 Å². The van der Waals surface area contributed by atoms with E-state index in [1.165, 1.54) is 0 Å². The van der Waals surface area contributed by atoms with Gasteiger partial charge in [0, 0.05) is 18.0 Å². The minimum absolute atomic E-state index is 0.160.